The van der Waals surface area contributed by atoms with Crippen LogP contribution in [0.2, 0.25) is 5.02 Å². The maximum absolute atomic E-state index is 12.4. The number of hydrogen-bond donors (Lipinski definition) is 1. The zero-order chi connectivity index (χ0) is 13.2. The van der Waals surface area contributed by atoms with Gasteiger partial charge >= 0.3 is 6.18 Å². The Labute approximate surface area is 102 Å². The van der Waals surface area contributed by atoms with E-state index in [2.05, 4.69) is 0 Å². The average molecular weight is 269 g/mol. The highest BCUT2D eigenvalue weighted by molar-refractivity contribution is 6.30. The van der Waals surface area contributed by atoms with Crippen molar-refractivity contribution in [2.45, 2.75) is 32.2 Å². The lowest BCUT2D eigenvalue weighted by Gasteiger charge is -2.20. The number of aliphatic hydroxyl groups is 1. The van der Waals surface area contributed by atoms with Gasteiger partial charge in [-0.05, 0) is 32.0 Å². The van der Waals surface area contributed by atoms with Crippen molar-refractivity contribution in [1.82, 2.24) is 0 Å². The van der Waals surface area contributed by atoms with Crippen LogP contribution in [-0.4, -0.2) is 17.4 Å². The Kier molecular flexibility index (Phi) is 4.27. The summed E-state index contributed by atoms with van der Waals surface area (Å²) in [6, 6.07) is 3.77. The fraction of sp³-hybridized carbons (Fsp3) is 0.455. The molecule has 0 aromatic heterocycles. The van der Waals surface area contributed by atoms with Gasteiger partial charge < -0.3 is 9.84 Å². The first kappa shape index (κ1) is 14.1. The molecule has 6 heteroatoms. The molecular weight excluding hydrogens is 257 g/mol. The summed E-state index contributed by atoms with van der Waals surface area (Å²) in [4.78, 5) is 0. The van der Waals surface area contributed by atoms with Crippen LogP contribution in [0.15, 0.2) is 18.2 Å². The molecule has 1 aromatic carbocycles. The normalized spacial score (nSPS) is 13.9. The molecule has 0 spiro atoms. The minimum Gasteiger partial charge on any atom is -0.491 e. The van der Waals surface area contributed by atoms with Crippen LogP contribution in [0.25, 0.3) is 0 Å². The van der Waals surface area contributed by atoms with Crippen molar-refractivity contribution in [2.24, 2.45) is 0 Å². The summed E-state index contributed by atoms with van der Waals surface area (Å²) < 4.78 is 42.5. The fourth-order valence-electron chi connectivity index (χ4n) is 1.27. The number of alkyl halides is 3. The second-order valence-electron chi connectivity index (χ2n) is 3.79. The number of aliphatic hydroxyl groups excluding tert-OH is 1. The van der Waals surface area contributed by atoms with Gasteiger partial charge in [-0.2, -0.15) is 13.2 Å². The van der Waals surface area contributed by atoms with Crippen molar-refractivity contribution >= 4 is 11.6 Å². The summed E-state index contributed by atoms with van der Waals surface area (Å²) >= 11 is 5.61. The van der Waals surface area contributed by atoms with E-state index in [1.807, 2.05) is 0 Å². The van der Waals surface area contributed by atoms with Gasteiger partial charge in [0.05, 0.1) is 6.10 Å². The lowest BCUT2D eigenvalue weighted by Crippen LogP contribution is -2.21. The van der Waals surface area contributed by atoms with Gasteiger partial charge in [0.15, 0.2) is 6.10 Å². The molecule has 1 atom stereocenters. The number of ether oxygens (including phenoxy) is 1. The van der Waals surface area contributed by atoms with E-state index in [0.29, 0.717) is 0 Å². The maximum Gasteiger partial charge on any atom is 0.418 e. The molecule has 0 heterocycles. The molecule has 17 heavy (non-hydrogen) atoms. The van der Waals surface area contributed by atoms with Crippen LogP contribution in [0.1, 0.15) is 25.5 Å². The highest BCUT2D eigenvalue weighted by Crippen LogP contribution is 2.38. The zero-order valence-electron chi connectivity index (χ0n) is 9.25. The van der Waals surface area contributed by atoms with E-state index in [4.69, 9.17) is 16.3 Å². The summed E-state index contributed by atoms with van der Waals surface area (Å²) in [6.07, 6.45) is -7.65. The molecule has 1 unspecified atom stereocenters. The lowest BCUT2D eigenvalue weighted by atomic mass is 10.1. The number of hydrogen-bond acceptors (Lipinski definition) is 2. The molecule has 0 aliphatic carbocycles. The molecule has 0 aliphatic rings. The van der Waals surface area contributed by atoms with E-state index in [1.54, 1.807) is 13.8 Å². The van der Waals surface area contributed by atoms with Crippen LogP contribution in [-0.2, 0) is 0 Å². The maximum atomic E-state index is 12.4. The second-order valence-corrected chi connectivity index (χ2v) is 4.23. The van der Waals surface area contributed by atoms with Gasteiger partial charge in [0.1, 0.15) is 5.75 Å². The summed E-state index contributed by atoms with van der Waals surface area (Å²) in [7, 11) is 0. The lowest BCUT2D eigenvalue weighted by molar-refractivity contribution is -0.207. The summed E-state index contributed by atoms with van der Waals surface area (Å²) in [5.74, 6) is -0.0192. The zero-order valence-corrected chi connectivity index (χ0v) is 10.0. The Morgan fingerprint density at radius 2 is 1.88 bits per heavy atom. The van der Waals surface area contributed by atoms with Crippen molar-refractivity contribution in [1.29, 1.82) is 0 Å². The van der Waals surface area contributed by atoms with E-state index in [-0.39, 0.29) is 22.4 Å². The quantitative estimate of drug-likeness (QED) is 0.905. The molecule has 0 fully saturated rings. The monoisotopic (exact) mass is 268 g/mol. The summed E-state index contributed by atoms with van der Waals surface area (Å²) in [5.41, 5.74) is -0.376. The van der Waals surface area contributed by atoms with Crippen LogP contribution in [0, 0.1) is 0 Å². The number of halogens is 4. The van der Waals surface area contributed by atoms with Gasteiger partial charge in [-0.3, -0.25) is 0 Å². The molecular formula is C11H12ClF3O2. The summed E-state index contributed by atoms with van der Waals surface area (Å²) in [5, 5.41) is 9.32. The Balaban J connectivity index is 3.15. The topological polar surface area (TPSA) is 29.5 Å². The molecule has 0 bridgehead atoms. The first-order valence-electron chi connectivity index (χ1n) is 4.92. The van der Waals surface area contributed by atoms with Crippen LogP contribution < -0.4 is 4.74 Å². The Morgan fingerprint density at radius 1 is 1.29 bits per heavy atom. The van der Waals surface area contributed by atoms with Crippen LogP contribution >= 0.6 is 11.6 Å². The van der Waals surface area contributed by atoms with Gasteiger partial charge in [0.25, 0.3) is 0 Å². The molecule has 1 rings (SSSR count). The first-order valence-corrected chi connectivity index (χ1v) is 5.30. The van der Waals surface area contributed by atoms with Gasteiger partial charge in [0.2, 0.25) is 0 Å². The van der Waals surface area contributed by atoms with Crippen LogP contribution in [0.4, 0.5) is 13.2 Å². The molecule has 0 radical (unpaired) electrons. The second kappa shape index (κ2) is 5.14. The van der Waals surface area contributed by atoms with E-state index in [0.717, 1.165) is 6.07 Å². The van der Waals surface area contributed by atoms with Gasteiger partial charge in [-0.1, -0.05) is 11.6 Å². The third-order valence-electron chi connectivity index (χ3n) is 1.94. The van der Waals surface area contributed by atoms with E-state index in [9.17, 15) is 18.3 Å². The first-order chi connectivity index (χ1) is 7.71. The summed E-state index contributed by atoms with van der Waals surface area (Å²) in [6.45, 7) is 3.36. The largest absolute Gasteiger partial charge is 0.491 e. The Morgan fingerprint density at radius 3 is 2.35 bits per heavy atom. The van der Waals surface area contributed by atoms with Gasteiger partial charge in [-0.25, -0.2) is 0 Å². The molecule has 0 aliphatic heterocycles. The molecule has 1 aromatic rings. The highest BCUT2D eigenvalue weighted by Gasteiger charge is 2.41. The van der Waals surface area contributed by atoms with E-state index < -0.39 is 12.3 Å². The van der Waals surface area contributed by atoms with Crippen LogP contribution in [0.3, 0.4) is 0 Å². The molecule has 2 nitrogen and oxygen atoms in total. The average Bonchev–Trinajstić information content (AvgIpc) is 2.17. The number of rotatable bonds is 3. The molecule has 96 valence electrons. The van der Waals surface area contributed by atoms with E-state index in [1.165, 1.54) is 12.1 Å². The van der Waals surface area contributed by atoms with Gasteiger partial charge in [0, 0.05) is 10.6 Å². The standard InChI is InChI=1S/C11H12ClF3O2/c1-6(2)17-9-4-3-7(12)5-8(9)10(16)11(13,14)15/h3-6,10,16H,1-2H3. The predicted molar refractivity (Wildman–Crippen MR) is 58.2 cm³/mol. The third kappa shape index (κ3) is 3.78. The minimum absolute atomic E-state index is 0.0192. The third-order valence-corrected chi connectivity index (χ3v) is 2.17. The SMILES string of the molecule is CC(C)Oc1ccc(Cl)cc1C(O)C(F)(F)F. The van der Waals surface area contributed by atoms with E-state index >= 15 is 0 Å². The molecule has 0 saturated carbocycles. The fourth-order valence-corrected chi connectivity index (χ4v) is 1.45. The highest BCUT2D eigenvalue weighted by atomic mass is 35.5. The molecule has 1 N–H and O–H groups in total. The van der Waals surface area contributed by atoms with Crippen molar-refractivity contribution in [3.8, 4) is 5.75 Å². The smallest absolute Gasteiger partial charge is 0.418 e. The Hall–Kier alpha value is -0.940. The van der Waals surface area contributed by atoms with Crippen molar-refractivity contribution < 1.29 is 23.0 Å². The van der Waals surface area contributed by atoms with Crippen molar-refractivity contribution in [3.05, 3.63) is 28.8 Å². The van der Waals surface area contributed by atoms with Gasteiger partial charge in [-0.15, -0.1) is 0 Å². The van der Waals surface area contributed by atoms with Crippen molar-refractivity contribution in [3.63, 3.8) is 0 Å². The number of benzene rings is 1. The van der Waals surface area contributed by atoms with Crippen molar-refractivity contribution in [2.75, 3.05) is 0 Å². The predicted octanol–water partition coefficient (Wildman–Crippen LogP) is 3.72. The molecule has 0 saturated heterocycles. The minimum atomic E-state index is -4.75. The Bertz CT molecular complexity index is 391. The molecule has 0 amide bonds. The van der Waals surface area contributed by atoms with Crippen LogP contribution in [0.5, 0.6) is 5.75 Å².